The van der Waals surface area contributed by atoms with E-state index >= 15 is 0 Å². The summed E-state index contributed by atoms with van der Waals surface area (Å²) in [5.41, 5.74) is 0.0616. The first kappa shape index (κ1) is 17.4. The number of unbranched alkanes of at least 4 members (excludes halogenated alkanes) is 3. The highest BCUT2D eigenvalue weighted by atomic mass is 16.5. The summed E-state index contributed by atoms with van der Waals surface area (Å²) in [7, 11) is 0. The standard InChI is InChI=1S/C15H31NO2/c1-6-7-8-9-10-13(2)18-14(17)11-12-16-15(3,4)5/h13,16H,6-12H2,1-5H3. The van der Waals surface area contributed by atoms with Crippen LogP contribution in [0.5, 0.6) is 0 Å². The van der Waals surface area contributed by atoms with Gasteiger partial charge in [-0.15, -0.1) is 0 Å². The smallest absolute Gasteiger partial charge is 0.307 e. The maximum Gasteiger partial charge on any atom is 0.307 e. The Kier molecular flexibility index (Phi) is 9.08. The quantitative estimate of drug-likeness (QED) is 0.506. The summed E-state index contributed by atoms with van der Waals surface area (Å²) < 4.78 is 5.37. The highest BCUT2D eigenvalue weighted by Crippen LogP contribution is 2.08. The van der Waals surface area contributed by atoms with E-state index in [1.54, 1.807) is 0 Å². The van der Waals surface area contributed by atoms with Crippen LogP contribution < -0.4 is 5.32 Å². The number of carbonyl (C=O) groups excluding carboxylic acids is 1. The molecule has 3 heteroatoms. The summed E-state index contributed by atoms with van der Waals surface area (Å²) in [5.74, 6) is -0.0882. The zero-order valence-electron chi connectivity index (χ0n) is 12.8. The van der Waals surface area contributed by atoms with E-state index in [4.69, 9.17) is 4.74 Å². The predicted molar refractivity (Wildman–Crippen MR) is 76.7 cm³/mol. The van der Waals surface area contributed by atoms with Gasteiger partial charge in [0.25, 0.3) is 0 Å². The summed E-state index contributed by atoms with van der Waals surface area (Å²) in [6.45, 7) is 11.1. The number of esters is 1. The molecule has 0 aromatic rings. The molecule has 0 saturated carbocycles. The van der Waals surface area contributed by atoms with Gasteiger partial charge in [-0.3, -0.25) is 4.79 Å². The number of ether oxygens (including phenoxy) is 1. The van der Waals surface area contributed by atoms with Crippen LogP contribution in [-0.4, -0.2) is 24.2 Å². The maximum absolute atomic E-state index is 11.6. The molecule has 0 aromatic carbocycles. The molecule has 0 amide bonds. The SMILES string of the molecule is CCCCCCC(C)OC(=O)CCNC(C)(C)C. The molecule has 0 rings (SSSR count). The van der Waals surface area contributed by atoms with E-state index in [1.807, 2.05) is 6.92 Å². The molecule has 1 unspecified atom stereocenters. The lowest BCUT2D eigenvalue weighted by Crippen LogP contribution is -2.37. The van der Waals surface area contributed by atoms with Gasteiger partial charge in [-0.25, -0.2) is 0 Å². The molecule has 108 valence electrons. The van der Waals surface area contributed by atoms with Crippen LogP contribution in [0.4, 0.5) is 0 Å². The third-order valence-electron chi connectivity index (χ3n) is 2.78. The molecule has 0 heterocycles. The average molecular weight is 257 g/mol. The zero-order valence-corrected chi connectivity index (χ0v) is 12.8. The van der Waals surface area contributed by atoms with Crippen LogP contribution in [0.3, 0.4) is 0 Å². The molecular formula is C15H31NO2. The minimum Gasteiger partial charge on any atom is -0.463 e. The van der Waals surface area contributed by atoms with Crippen molar-refractivity contribution in [2.75, 3.05) is 6.54 Å². The zero-order chi connectivity index (χ0) is 14.0. The first-order chi connectivity index (χ1) is 8.35. The molecule has 0 radical (unpaired) electrons. The summed E-state index contributed by atoms with van der Waals surface area (Å²) in [6, 6.07) is 0. The summed E-state index contributed by atoms with van der Waals surface area (Å²) in [4.78, 5) is 11.6. The van der Waals surface area contributed by atoms with E-state index < -0.39 is 0 Å². The summed E-state index contributed by atoms with van der Waals surface area (Å²) in [5, 5.41) is 3.29. The van der Waals surface area contributed by atoms with E-state index in [1.165, 1.54) is 19.3 Å². The Balaban J connectivity index is 3.55. The van der Waals surface area contributed by atoms with Crippen molar-refractivity contribution in [3.8, 4) is 0 Å². The topological polar surface area (TPSA) is 38.3 Å². The van der Waals surface area contributed by atoms with Crippen molar-refractivity contribution in [2.24, 2.45) is 0 Å². The van der Waals surface area contributed by atoms with E-state index in [0.717, 1.165) is 12.8 Å². The van der Waals surface area contributed by atoms with Gasteiger partial charge in [0.1, 0.15) is 0 Å². The second kappa shape index (κ2) is 9.37. The van der Waals surface area contributed by atoms with Crippen molar-refractivity contribution in [3.63, 3.8) is 0 Å². The van der Waals surface area contributed by atoms with Crippen molar-refractivity contribution in [3.05, 3.63) is 0 Å². The second-order valence-electron chi connectivity index (χ2n) is 6.08. The molecule has 3 nitrogen and oxygen atoms in total. The Labute approximate surface area is 113 Å². The van der Waals surface area contributed by atoms with Gasteiger partial charge in [0.15, 0.2) is 0 Å². The Morgan fingerprint density at radius 3 is 2.44 bits per heavy atom. The molecule has 1 N–H and O–H groups in total. The largest absolute Gasteiger partial charge is 0.463 e. The number of hydrogen-bond acceptors (Lipinski definition) is 3. The summed E-state index contributed by atoms with van der Waals surface area (Å²) in [6.07, 6.45) is 6.41. The fourth-order valence-electron chi connectivity index (χ4n) is 1.74. The molecule has 0 aliphatic heterocycles. The number of rotatable bonds is 9. The van der Waals surface area contributed by atoms with Gasteiger partial charge in [0.2, 0.25) is 0 Å². The Morgan fingerprint density at radius 2 is 1.89 bits per heavy atom. The van der Waals surface area contributed by atoms with Gasteiger partial charge < -0.3 is 10.1 Å². The fraction of sp³-hybridized carbons (Fsp3) is 0.933. The Morgan fingerprint density at radius 1 is 1.22 bits per heavy atom. The monoisotopic (exact) mass is 257 g/mol. The number of carbonyl (C=O) groups is 1. The highest BCUT2D eigenvalue weighted by Gasteiger charge is 2.12. The molecule has 0 saturated heterocycles. The lowest BCUT2D eigenvalue weighted by atomic mass is 10.1. The van der Waals surface area contributed by atoms with Gasteiger partial charge in [-0.05, 0) is 40.5 Å². The molecule has 0 bridgehead atoms. The van der Waals surface area contributed by atoms with Crippen molar-refractivity contribution < 1.29 is 9.53 Å². The average Bonchev–Trinajstić information content (AvgIpc) is 2.22. The van der Waals surface area contributed by atoms with Crippen LogP contribution in [-0.2, 0) is 9.53 Å². The number of nitrogens with one attached hydrogen (secondary N) is 1. The molecule has 0 aliphatic carbocycles. The fourth-order valence-corrected chi connectivity index (χ4v) is 1.74. The normalized spacial score (nSPS) is 13.4. The van der Waals surface area contributed by atoms with Crippen LogP contribution in [0.25, 0.3) is 0 Å². The van der Waals surface area contributed by atoms with Crippen molar-refractivity contribution in [1.82, 2.24) is 5.32 Å². The molecule has 0 aliphatic rings. The number of hydrogen-bond donors (Lipinski definition) is 1. The van der Waals surface area contributed by atoms with Crippen LogP contribution in [0.15, 0.2) is 0 Å². The van der Waals surface area contributed by atoms with Gasteiger partial charge >= 0.3 is 5.97 Å². The van der Waals surface area contributed by atoms with Crippen molar-refractivity contribution in [2.45, 2.75) is 84.8 Å². The van der Waals surface area contributed by atoms with Gasteiger partial charge in [-0.1, -0.05) is 26.2 Å². The molecule has 0 fully saturated rings. The van der Waals surface area contributed by atoms with Crippen LogP contribution >= 0.6 is 0 Å². The third-order valence-corrected chi connectivity index (χ3v) is 2.78. The predicted octanol–water partition coefficient (Wildman–Crippen LogP) is 3.67. The Hall–Kier alpha value is -0.570. The molecule has 18 heavy (non-hydrogen) atoms. The van der Waals surface area contributed by atoms with Crippen molar-refractivity contribution in [1.29, 1.82) is 0 Å². The minimum atomic E-state index is -0.0882. The van der Waals surface area contributed by atoms with E-state index in [0.29, 0.717) is 13.0 Å². The minimum absolute atomic E-state index is 0.0593. The van der Waals surface area contributed by atoms with Crippen LogP contribution in [0, 0.1) is 0 Å². The Bertz CT molecular complexity index is 221. The molecule has 1 atom stereocenters. The molecule has 0 spiro atoms. The van der Waals surface area contributed by atoms with Gasteiger partial charge in [0.05, 0.1) is 12.5 Å². The summed E-state index contributed by atoms with van der Waals surface area (Å²) >= 11 is 0. The third kappa shape index (κ3) is 11.9. The van der Waals surface area contributed by atoms with Gasteiger partial charge in [-0.2, -0.15) is 0 Å². The second-order valence-corrected chi connectivity index (χ2v) is 6.08. The van der Waals surface area contributed by atoms with Gasteiger partial charge in [0, 0.05) is 12.1 Å². The maximum atomic E-state index is 11.6. The lowest BCUT2D eigenvalue weighted by Gasteiger charge is -2.20. The van der Waals surface area contributed by atoms with E-state index in [9.17, 15) is 4.79 Å². The molecular weight excluding hydrogens is 226 g/mol. The first-order valence-corrected chi connectivity index (χ1v) is 7.29. The first-order valence-electron chi connectivity index (χ1n) is 7.29. The van der Waals surface area contributed by atoms with Crippen molar-refractivity contribution >= 4 is 5.97 Å². The highest BCUT2D eigenvalue weighted by molar-refractivity contribution is 5.69. The van der Waals surface area contributed by atoms with E-state index in [-0.39, 0.29) is 17.6 Å². The lowest BCUT2D eigenvalue weighted by molar-refractivity contribution is -0.148. The van der Waals surface area contributed by atoms with Crippen LogP contribution in [0.1, 0.15) is 73.1 Å². The van der Waals surface area contributed by atoms with E-state index in [2.05, 4.69) is 33.0 Å². The molecule has 0 aromatic heterocycles. The van der Waals surface area contributed by atoms with Crippen LogP contribution in [0.2, 0.25) is 0 Å².